The van der Waals surface area contributed by atoms with E-state index in [1.807, 2.05) is 32.7 Å². The largest absolute Gasteiger partial charge is 0.355 e. The smallest absolute Gasteiger partial charge is 0.252 e. The summed E-state index contributed by atoms with van der Waals surface area (Å²) in [7, 11) is 1.89. The minimum Gasteiger partial charge on any atom is -0.355 e. The molecule has 0 spiro atoms. The molecule has 0 saturated carbocycles. The third-order valence-corrected chi connectivity index (χ3v) is 2.66. The molecule has 1 rings (SSSR count). The number of aromatic nitrogens is 2. The fourth-order valence-corrected chi connectivity index (χ4v) is 1.30. The predicted octanol–water partition coefficient (Wildman–Crippen LogP) is 0.677. The summed E-state index contributed by atoms with van der Waals surface area (Å²) in [6, 6.07) is 1.66. The number of H-pyrrole nitrogens is 1. The molecule has 0 amide bonds. The highest BCUT2D eigenvalue weighted by molar-refractivity contribution is 5.37. The summed E-state index contributed by atoms with van der Waals surface area (Å²) in [4.78, 5) is 20.5. The van der Waals surface area contributed by atoms with E-state index in [0.717, 1.165) is 0 Å². The molecule has 0 bridgehead atoms. The lowest BCUT2D eigenvalue weighted by Gasteiger charge is -2.25. The van der Waals surface area contributed by atoms with E-state index in [-0.39, 0.29) is 17.5 Å². The number of nitrogens with zero attached hydrogens (tertiary/aromatic N) is 2. The fraction of sp³-hybridized carbons (Fsp3) is 0.636. The number of nitrogens with one attached hydrogen (secondary N) is 1. The van der Waals surface area contributed by atoms with Gasteiger partial charge < -0.3 is 15.6 Å². The summed E-state index contributed by atoms with van der Waals surface area (Å²) < 4.78 is 0. The monoisotopic (exact) mass is 224 g/mol. The van der Waals surface area contributed by atoms with Crippen LogP contribution in [-0.4, -0.2) is 29.6 Å². The lowest BCUT2D eigenvalue weighted by molar-refractivity contribution is 0.675. The Morgan fingerprint density at radius 3 is 2.62 bits per heavy atom. The highest BCUT2D eigenvalue weighted by Gasteiger charge is 2.12. The molecule has 0 radical (unpaired) electrons. The Bertz CT molecular complexity index is 399. The Balaban J connectivity index is 3.09. The highest BCUT2D eigenvalue weighted by Crippen LogP contribution is 2.13. The molecule has 0 aliphatic carbocycles. The zero-order chi connectivity index (χ0) is 12.3. The van der Waals surface area contributed by atoms with Crippen LogP contribution < -0.4 is 16.2 Å². The first-order chi connectivity index (χ1) is 7.45. The van der Waals surface area contributed by atoms with Crippen molar-refractivity contribution >= 4 is 5.82 Å². The number of aromatic amines is 1. The number of anilines is 1. The molecule has 5 nitrogen and oxygen atoms in total. The molecule has 1 aromatic heterocycles. The molecular weight excluding hydrogens is 204 g/mol. The normalized spacial score (nSPS) is 12.9. The summed E-state index contributed by atoms with van der Waals surface area (Å²) in [6.45, 7) is 6.52. The van der Waals surface area contributed by atoms with E-state index in [4.69, 9.17) is 5.73 Å². The first kappa shape index (κ1) is 12.7. The lowest BCUT2D eigenvalue weighted by atomic mass is 10.2. The van der Waals surface area contributed by atoms with Gasteiger partial charge in [-0.05, 0) is 6.92 Å². The van der Waals surface area contributed by atoms with E-state index >= 15 is 0 Å². The van der Waals surface area contributed by atoms with Gasteiger partial charge in [0.1, 0.15) is 11.6 Å². The van der Waals surface area contributed by atoms with Crippen molar-refractivity contribution in [2.75, 3.05) is 18.5 Å². The van der Waals surface area contributed by atoms with E-state index in [1.54, 1.807) is 0 Å². The van der Waals surface area contributed by atoms with Gasteiger partial charge in [0.25, 0.3) is 5.56 Å². The Kier molecular flexibility index (Phi) is 4.06. The molecule has 0 aromatic carbocycles. The fourth-order valence-electron chi connectivity index (χ4n) is 1.30. The van der Waals surface area contributed by atoms with Crippen molar-refractivity contribution in [2.24, 2.45) is 5.73 Å². The quantitative estimate of drug-likeness (QED) is 0.788. The van der Waals surface area contributed by atoms with Crippen LogP contribution in [0.1, 0.15) is 32.5 Å². The summed E-state index contributed by atoms with van der Waals surface area (Å²) in [6.07, 6.45) is 0. The Hall–Kier alpha value is -1.36. The Morgan fingerprint density at radius 1 is 1.50 bits per heavy atom. The van der Waals surface area contributed by atoms with Gasteiger partial charge in [0.2, 0.25) is 0 Å². The SMILES string of the molecule is CC(C)c1nc(N(C)C(C)CN)cc(=O)[nH]1. The van der Waals surface area contributed by atoms with Gasteiger partial charge >= 0.3 is 0 Å². The molecule has 1 atom stereocenters. The van der Waals surface area contributed by atoms with Crippen LogP contribution in [0.15, 0.2) is 10.9 Å². The van der Waals surface area contributed by atoms with Crippen molar-refractivity contribution in [1.82, 2.24) is 9.97 Å². The molecule has 0 aliphatic heterocycles. The van der Waals surface area contributed by atoms with Crippen molar-refractivity contribution < 1.29 is 0 Å². The molecule has 16 heavy (non-hydrogen) atoms. The topological polar surface area (TPSA) is 75.0 Å². The second kappa shape index (κ2) is 5.12. The van der Waals surface area contributed by atoms with Crippen LogP contribution in [0, 0.1) is 0 Å². The minimum absolute atomic E-state index is 0.121. The van der Waals surface area contributed by atoms with E-state index < -0.39 is 0 Å². The average molecular weight is 224 g/mol. The van der Waals surface area contributed by atoms with Crippen LogP contribution >= 0.6 is 0 Å². The lowest BCUT2D eigenvalue weighted by Crippen LogP contribution is -2.36. The number of rotatable bonds is 4. The van der Waals surface area contributed by atoms with E-state index in [2.05, 4.69) is 9.97 Å². The van der Waals surface area contributed by atoms with Gasteiger partial charge in [0.15, 0.2) is 0 Å². The van der Waals surface area contributed by atoms with Crippen molar-refractivity contribution in [1.29, 1.82) is 0 Å². The molecule has 0 fully saturated rings. The van der Waals surface area contributed by atoms with Crippen LogP contribution in [0.4, 0.5) is 5.82 Å². The summed E-state index contributed by atoms with van der Waals surface area (Å²) >= 11 is 0. The maximum atomic E-state index is 11.5. The number of likely N-dealkylation sites (N-methyl/N-ethyl adjacent to an activating group) is 1. The molecule has 5 heteroatoms. The first-order valence-corrected chi connectivity index (χ1v) is 5.49. The molecule has 0 saturated heterocycles. The second-order valence-corrected chi connectivity index (χ2v) is 4.34. The van der Waals surface area contributed by atoms with Gasteiger partial charge in [-0.1, -0.05) is 13.8 Å². The zero-order valence-electron chi connectivity index (χ0n) is 10.3. The molecule has 1 unspecified atom stereocenters. The number of nitrogens with two attached hydrogens (primary N) is 1. The summed E-state index contributed by atoms with van der Waals surface area (Å²) in [5.74, 6) is 1.58. The number of hydrogen-bond acceptors (Lipinski definition) is 4. The van der Waals surface area contributed by atoms with Crippen molar-refractivity contribution in [3.63, 3.8) is 0 Å². The van der Waals surface area contributed by atoms with Crippen LogP contribution in [0.25, 0.3) is 0 Å². The van der Waals surface area contributed by atoms with Crippen LogP contribution in [0.2, 0.25) is 0 Å². The van der Waals surface area contributed by atoms with Gasteiger partial charge in [-0.2, -0.15) is 0 Å². The van der Waals surface area contributed by atoms with Crippen LogP contribution in [0.5, 0.6) is 0 Å². The van der Waals surface area contributed by atoms with Gasteiger partial charge in [0, 0.05) is 31.6 Å². The molecule has 90 valence electrons. The van der Waals surface area contributed by atoms with Crippen molar-refractivity contribution in [3.8, 4) is 0 Å². The molecule has 1 aromatic rings. The van der Waals surface area contributed by atoms with Crippen molar-refractivity contribution in [2.45, 2.75) is 32.7 Å². The molecule has 0 aliphatic rings. The van der Waals surface area contributed by atoms with E-state index in [9.17, 15) is 4.79 Å². The summed E-state index contributed by atoms with van der Waals surface area (Å²) in [5, 5.41) is 0. The number of hydrogen-bond donors (Lipinski definition) is 2. The first-order valence-electron chi connectivity index (χ1n) is 5.49. The molecule has 1 heterocycles. The van der Waals surface area contributed by atoms with Crippen molar-refractivity contribution in [3.05, 3.63) is 22.2 Å². The maximum absolute atomic E-state index is 11.5. The zero-order valence-corrected chi connectivity index (χ0v) is 10.3. The van der Waals surface area contributed by atoms with Gasteiger partial charge in [-0.15, -0.1) is 0 Å². The van der Waals surface area contributed by atoms with Gasteiger partial charge in [-0.25, -0.2) is 4.98 Å². The maximum Gasteiger partial charge on any atom is 0.252 e. The van der Waals surface area contributed by atoms with Gasteiger partial charge in [-0.3, -0.25) is 4.79 Å². The Morgan fingerprint density at radius 2 is 2.12 bits per heavy atom. The molecular formula is C11H20N4O. The Labute approximate surface area is 95.7 Å². The standard InChI is InChI=1S/C11H20N4O/c1-7(2)11-13-9(5-10(16)14-11)15(4)8(3)6-12/h5,7-8H,6,12H2,1-4H3,(H,13,14,16). The predicted molar refractivity (Wildman–Crippen MR) is 65.9 cm³/mol. The van der Waals surface area contributed by atoms with E-state index in [1.165, 1.54) is 6.07 Å². The average Bonchev–Trinajstić information content (AvgIpc) is 2.26. The van der Waals surface area contributed by atoms with Gasteiger partial charge in [0.05, 0.1) is 0 Å². The second-order valence-electron chi connectivity index (χ2n) is 4.34. The van der Waals surface area contributed by atoms with E-state index in [0.29, 0.717) is 18.2 Å². The third-order valence-electron chi connectivity index (χ3n) is 2.66. The third kappa shape index (κ3) is 2.82. The molecule has 3 N–H and O–H groups in total. The van der Waals surface area contributed by atoms with Crippen LogP contribution in [0.3, 0.4) is 0 Å². The summed E-state index contributed by atoms with van der Waals surface area (Å²) in [5.41, 5.74) is 5.47. The highest BCUT2D eigenvalue weighted by atomic mass is 16.1. The minimum atomic E-state index is -0.121. The van der Waals surface area contributed by atoms with Crippen LogP contribution in [-0.2, 0) is 0 Å².